The summed E-state index contributed by atoms with van der Waals surface area (Å²) in [4.78, 5) is 0. The second kappa shape index (κ2) is 4.42. The lowest BCUT2D eigenvalue weighted by Crippen LogP contribution is -1.99. The van der Waals surface area contributed by atoms with Crippen LogP contribution in [0.15, 0.2) is 24.4 Å². The Balaban J connectivity index is 2.22. The number of nitrogens with zero attached hydrogens (tertiary/aromatic N) is 2. The van der Waals surface area contributed by atoms with Crippen molar-refractivity contribution in [3.8, 4) is 5.00 Å². The zero-order valence-corrected chi connectivity index (χ0v) is 9.05. The highest BCUT2D eigenvalue weighted by atomic mass is 32.1. The van der Waals surface area contributed by atoms with Crippen molar-refractivity contribution >= 4 is 11.3 Å². The van der Waals surface area contributed by atoms with E-state index in [9.17, 15) is 0 Å². The van der Waals surface area contributed by atoms with Crippen molar-refractivity contribution in [2.45, 2.75) is 26.2 Å². The van der Waals surface area contributed by atoms with Crippen molar-refractivity contribution in [3.63, 3.8) is 0 Å². The Kier molecular flexibility index (Phi) is 2.99. The van der Waals surface area contributed by atoms with E-state index in [-0.39, 0.29) is 0 Å². The molecular formula is C11H13N2S. The first-order valence-electron chi connectivity index (χ1n) is 4.91. The molecule has 2 nitrogen and oxygen atoms in total. The van der Waals surface area contributed by atoms with E-state index in [4.69, 9.17) is 0 Å². The largest absolute Gasteiger partial charge is 0.228 e. The smallest absolute Gasteiger partial charge is 0.118 e. The maximum atomic E-state index is 4.32. The molecule has 0 bridgehead atoms. The summed E-state index contributed by atoms with van der Waals surface area (Å²) in [5.41, 5.74) is 1.29. The van der Waals surface area contributed by atoms with Crippen LogP contribution in [-0.4, -0.2) is 9.78 Å². The van der Waals surface area contributed by atoms with E-state index in [1.54, 1.807) is 11.3 Å². The van der Waals surface area contributed by atoms with Crippen molar-refractivity contribution in [2.24, 2.45) is 0 Å². The summed E-state index contributed by atoms with van der Waals surface area (Å²) >= 11 is 1.60. The van der Waals surface area contributed by atoms with Crippen molar-refractivity contribution in [1.29, 1.82) is 0 Å². The molecule has 2 aromatic rings. The summed E-state index contributed by atoms with van der Waals surface area (Å²) in [6.45, 7) is 2.21. The molecule has 0 aliphatic carbocycles. The van der Waals surface area contributed by atoms with Gasteiger partial charge in [-0.05, 0) is 31.0 Å². The number of hydrogen-bond acceptors (Lipinski definition) is 2. The van der Waals surface area contributed by atoms with Crippen LogP contribution in [0.5, 0.6) is 0 Å². The second-order valence-electron chi connectivity index (χ2n) is 3.23. The number of rotatable bonds is 4. The van der Waals surface area contributed by atoms with Crippen LogP contribution in [0.3, 0.4) is 0 Å². The van der Waals surface area contributed by atoms with Gasteiger partial charge < -0.3 is 0 Å². The highest BCUT2D eigenvalue weighted by Crippen LogP contribution is 2.16. The predicted molar refractivity (Wildman–Crippen MR) is 58.9 cm³/mol. The maximum Gasteiger partial charge on any atom is 0.118 e. The molecule has 14 heavy (non-hydrogen) atoms. The summed E-state index contributed by atoms with van der Waals surface area (Å²) in [6, 6.07) is 6.08. The lowest BCUT2D eigenvalue weighted by molar-refractivity contribution is 0.734. The van der Waals surface area contributed by atoms with Gasteiger partial charge in [0.15, 0.2) is 0 Å². The van der Waals surface area contributed by atoms with Crippen LogP contribution in [-0.2, 0) is 6.42 Å². The second-order valence-corrected chi connectivity index (χ2v) is 4.09. The SMILES string of the molecule is CCCCc1ccnn1-c1cc[c]s1. The van der Waals surface area contributed by atoms with Crippen molar-refractivity contribution in [1.82, 2.24) is 9.78 Å². The Bertz CT molecular complexity index is 376. The fraction of sp³-hybridized carbons (Fsp3) is 0.364. The predicted octanol–water partition coefficient (Wildman–Crippen LogP) is 3.08. The molecule has 0 amide bonds. The molecule has 73 valence electrons. The number of thiophene rings is 1. The van der Waals surface area contributed by atoms with Gasteiger partial charge in [0.05, 0.1) is 0 Å². The van der Waals surface area contributed by atoms with Gasteiger partial charge in [0.2, 0.25) is 0 Å². The summed E-state index contributed by atoms with van der Waals surface area (Å²) in [7, 11) is 0. The molecule has 2 aromatic heterocycles. The third-order valence-corrected chi connectivity index (χ3v) is 2.95. The summed E-state index contributed by atoms with van der Waals surface area (Å²) in [6.07, 6.45) is 5.42. The highest BCUT2D eigenvalue weighted by Gasteiger charge is 2.04. The van der Waals surface area contributed by atoms with E-state index in [1.165, 1.54) is 18.5 Å². The molecule has 0 saturated heterocycles. The first-order chi connectivity index (χ1) is 6.92. The number of unbranched alkanes of at least 4 members (excludes halogenated alkanes) is 1. The highest BCUT2D eigenvalue weighted by molar-refractivity contribution is 7.12. The van der Waals surface area contributed by atoms with Crippen molar-refractivity contribution in [2.75, 3.05) is 0 Å². The fourth-order valence-electron chi connectivity index (χ4n) is 1.42. The molecule has 0 aliphatic heterocycles. The zero-order chi connectivity index (χ0) is 9.80. The molecular weight excluding hydrogens is 192 g/mol. The number of aromatic nitrogens is 2. The van der Waals surface area contributed by atoms with Crippen LogP contribution in [0.25, 0.3) is 5.00 Å². The molecule has 0 aromatic carbocycles. The van der Waals surface area contributed by atoms with Gasteiger partial charge in [-0.15, -0.1) is 11.3 Å². The topological polar surface area (TPSA) is 17.8 Å². The van der Waals surface area contributed by atoms with Gasteiger partial charge in [-0.3, -0.25) is 0 Å². The average molecular weight is 205 g/mol. The van der Waals surface area contributed by atoms with E-state index >= 15 is 0 Å². The third kappa shape index (κ3) is 1.87. The van der Waals surface area contributed by atoms with Gasteiger partial charge in [0.25, 0.3) is 0 Å². The Labute approximate surface area is 88.2 Å². The van der Waals surface area contributed by atoms with Crippen LogP contribution in [0.2, 0.25) is 0 Å². The minimum atomic E-state index is 1.11. The molecule has 0 N–H and O–H groups in total. The van der Waals surface area contributed by atoms with Crippen LogP contribution < -0.4 is 0 Å². The Morgan fingerprint density at radius 3 is 3.14 bits per heavy atom. The number of hydrogen-bond donors (Lipinski definition) is 0. The van der Waals surface area contributed by atoms with E-state index in [2.05, 4.69) is 23.5 Å². The van der Waals surface area contributed by atoms with E-state index in [0.717, 1.165) is 11.4 Å². The van der Waals surface area contributed by atoms with Crippen molar-refractivity contribution in [3.05, 3.63) is 35.5 Å². The summed E-state index contributed by atoms with van der Waals surface area (Å²) < 4.78 is 2.01. The van der Waals surface area contributed by atoms with E-state index in [1.807, 2.05) is 23.0 Å². The molecule has 0 atom stereocenters. The Morgan fingerprint density at radius 2 is 2.43 bits per heavy atom. The van der Waals surface area contributed by atoms with E-state index < -0.39 is 0 Å². The van der Waals surface area contributed by atoms with Gasteiger partial charge >= 0.3 is 0 Å². The summed E-state index contributed by atoms with van der Waals surface area (Å²) in [5, 5.41) is 8.55. The van der Waals surface area contributed by atoms with Crippen LogP contribution in [0.1, 0.15) is 25.5 Å². The molecule has 0 aliphatic rings. The molecule has 3 heteroatoms. The lowest BCUT2D eigenvalue weighted by atomic mass is 10.2. The van der Waals surface area contributed by atoms with Gasteiger partial charge in [0.1, 0.15) is 5.00 Å². The molecule has 0 unspecified atom stereocenters. The quantitative estimate of drug-likeness (QED) is 0.750. The minimum absolute atomic E-state index is 1.11. The normalized spacial score (nSPS) is 10.6. The fourth-order valence-corrected chi connectivity index (χ4v) is 2.07. The lowest BCUT2D eigenvalue weighted by Gasteiger charge is -2.03. The van der Waals surface area contributed by atoms with Crippen LogP contribution >= 0.6 is 11.3 Å². The molecule has 2 heterocycles. The average Bonchev–Trinajstić information content (AvgIpc) is 2.84. The van der Waals surface area contributed by atoms with Crippen LogP contribution in [0, 0.1) is 5.38 Å². The van der Waals surface area contributed by atoms with Gasteiger partial charge in [-0.1, -0.05) is 13.3 Å². The summed E-state index contributed by atoms with van der Waals surface area (Å²) in [5.74, 6) is 0. The Morgan fingerprint density at radius 1 is 1.50 bits per heavy atom. The first kappa shape index (κ1) is 9.46. The monoisotopic (exact) mass is 205 g/mol. The zero-order valence-electron chi connectivity index (χ0n) is 8.23. The number of aryl methyl sites for hydroxylation is 1. The maximum absolute atomic E-state index is 4.32. The first-order valence-corrected chi connectivity index (χ1v) is 5.72. The van der Waals surface area contributed by atoms with Gasteiger partial charge in [0, 0.05) is 17.3 Å². The van der Waals surface area contributed by atoms with Gasteiger partial charge in [-0.25, -0.2) is 4.68 Å². The standard InChI is InChI=1S/C11H13N2S/c1-2-3-5-10-7-8-12-13(10)11-6-4-9-14-11/h4,6-8H,2-3,5H2,1H3. The molecule has 0 spiro atoms. The molecule has 0 saturated carbocycles. The Hall–Kier alpha value is -1.09. The molecule has 1 radical (unpaired) electrons. The molecule has 0 fully saturated rings. The van der Waals surface area contributed by atoms with E-state index in [0.29, 0.717) is 0 Å². The van der Waals surface area contributed by atoms with Crippen molar-refractivity contribution < 1.29 is 0 Å². The van der Waals surface area contributed by atoms with Crippen LogP contribution in [0.4, 0.5) is 0 Å². The van der Waals surface area contributed by atoms with Gasteiger partial charge in [-0.2, -0.15) is 5.10 Å². The third-order valence-electron chi connectivity index (χ3n) is 2.17. The molecule has 2 rings (SSSR count). The minimum Gasteiger partial charge on any atom is -0.228 e.